The largest absolute Gasteiger partial charge is 0.382 e. The lowest BCUT2D eigenvalue weighted by atomic mass is 10.2. The number of hydrogen-bond acceptors (Lipinski definition) is 2. The van der Waals surface area contributed by atoms with Gasteiger partial charge in [-0.2, -0.15) is 5.10 Å². The summed E-state index contributed by atoms with van der Waals surface area (Å²) >= 11 is 0. The maximum absolute atomic E-state index is 13.7. The highest BCUT2D eigenvalue weighted by Gasteiger charge is 2.14. The van der Waals surface area contributed by atoms with Crippen molar-refractivity contribution < 1.29 is 4.39 Å². The minimum Gasteiger partial charge on any atom is -0.382 e. The second kappa shape index (κ2) is 3.60. The third kappa shape index (κ3) is 1.40. The van der Waals surface area contributed by atoms with Gasteiger partial charge in [0, 0.05) is 25.5 Å². The summed E-state index contributed by atoms with van der Waals surface area (Å²) in [6.45, 7) is 0. The van der Waals surface area contributed by atoms with Gasteiger partial charge in [-0.05, 0) is 18.2 Å². The normalized spacial score (nSPS) is 11.3. The van der Waals surface area contributed by atoms with Gasteiger partial charge in [0.25, 0.3) is 0 Å². The summed E-state index contributed by atoms with van der Waals surface area (Å²) in [5, 5.41) is 4.71. The number of nitrogen functional groups attached to an aromatic ring is 1. The molecule has 4 nitrogen and oxygen atoms in total. The highest BCUT2D eigenvalue weighted by atomic mass is 19.1. The lowest BCUT2D eigenvalue weighted by molar-refractivity contribution is 0.640. The molecule has 0 fully saturated rings. The summed E-state index contributed by atoms with van der Waals surface area (Å²) in [5.41, 5.74) is 8.28. The Labute approximate surface area is 103 Å². The van der Waals surface area contributed by atoms with Crippen molar-refractivity contribution in [3.05, 3.63) is 36.1 Å². The number of nitrogens with two attached hydrogens (primary N) is 1. The number of rotatable bonds is 1. The van der Waals surface area contributed by atoms with Crippen molar-refractivity contribution in [3.63, 3.8) is 0 Å². The van der Waals surface area contributed by atoms with Gasteiger partial charge >= 0.3 is 0 Å². The third-order valence-electron chi connectivity index (χ3n) is 3.19. The zero-order valence-electron chi connectivity index (χ0n) is 10.2. The van der Waals surface area contributed by atoms with E-state index in [-0.39, 0.29) is 5.82 Å². The average Bonchev–Trinajstić information content (AvgIpc) is 2.81. The Hall–Kier alpha value is -2.30. The zero-order chi connectivity index (χ0) is 12.9. The SMILES string of the molecule is Cn1nc(N)cc1-c1cc2c(F)cccc2n1C. The van der Waals surface area contributed by atoms with Crippen molar-refractivity contribution in [1.29, 1.82) is 0 Å². The molecule has 3 rings (SSSR count). The zero-order valence-corrected chi connectivity index (χ0v) is 10.2. The van der Waals surface area contributed by atoms with E-state index < -0.39 is 0 Å². The summed E-state index contributed by atoms with van der Waals surface area (Å²) in [5.74, 6) is 0.239. The van der Waals surface area contributed by atoms with Crippen LogP contribution in [0.4, 0.5) is 10.2 Å². The standard InChI is InChI=1S/C13H13FN4/c1-17-10-5-3-4-9(14)8(10)6-11(17)12-7-13(15)16-18(12)2/h3-7H,1-2H3,(H2,15,16). The Bertz CT molecular complexity index is 739. The van der Waals surface area contributed by atoms with E-state index in [2.05, 4.69) is 5.10 Å². The summed E-state index contributed by atoms with van der Waals surface area (Å²) in [6, 6.07) is 8.66. The molecule has 0 saturated heterocycles. The van der Waals surface area contributed by atoms with E-state index in [1.165, 1.54) is 6.07 Å². The smallest absolute Gasteiger partial charge is 0.146 e. The molecular formula is C13H13FN4. The third-order valence-corrected chi connectivity index (χ3v) is 3.19. The van der Waals surface area contributed by atoms with E-state index in [4.69, 9.17) is 5.73 Å². The van der Waals surface area contributed by atoms with Crippen molar-refractivity contribution in [3.8, 4) is 11.4 Å². The average molecular weight is 244 g/mol. The molecule has 92 valence electrons. The van der Waals surface area contributed by atoms with Crippen LogP contribution in [0.3, 0.4) is 0 Å². The molecule has 0 saturated carbocycles. The summed E-state index contributed by atoms with van der Waals surface area (Å²) in [7, 11) is 3.72. The number of halogens is 1. The van der Waals surface area contributed by atoms with Gasteiger partial charge in [-0.3, -0.25) is 4.68 Å². The van der Waals surface area contributed by atoms with Gasteiger partial charge in [-0.25, -0.2) is 4.39 Å². The molecule has 2 aromatic heterocycles. The maximum atomic E-state index is 13.7. The van der Waals surface area contributed by atoms with E-state index in [1.54, 1.807) is 16.8 Å². The monoisotopic (exact) mass is 244 g/mol. The first-order valence-electron chi connectivity index (χ1n) is 5.62. The molecule has 0 aliphatic rings. The summed E-state index contributed by atoms with van der Waals surface area (Å²) in [4.78, 5) is 0. The van der Waals surface area contributed by atoms with Gasteiger partial charge in [0.05, 0.1) is 16.9 Å². The molecular weight excluding hydrogens is 231 g/mol. The van der Waals surface area contributed by atoms with Crippen LogP contribution in [0, 0.1) is 5.82 Å². The van der Waals surface area contributed by atoms with Crippen molar-refractivity contribution in [1.82, 2.24) is 14.3 Å². The molecule has 18 heavy (non-hydrogen) atoms. The van der Waals surface area contributed by atoms with E-state index >= 15 is 0 Å². The summed E-state index contributed by atoms with van der Waals surface area (Å²) < 4.78 is 17.4. The molecule has 5 heteroatoms. The number of aromatic nitrogens is 3. The second-order valence-electron chi connectivity index (χ2n) is 4.34. The highest BCUT2D eigenvalue weighted by Crippen LogP contribution is 2.29. The van der Waals surface area contributed by atoms with E-state index in [0.29, 0.717) is 11.2 Å². The van der Waals surface area contributed by atoms with Crippen LogP contribution in [0.2, 0.25) is 0 Å². The van der Waals surface area contributed by atoms with Crippen LogP contribution < -0.4 is 5.73 Å². The first-order valence-corrected chi connectivity index (χ1v) is 5.62. The highest BCUT2D eigenvalue weighted by molar-refractivity contribution is 5.87. The number of aryl methyl sites for hydroxylation is 2. The van der Waals surface area contributed by atoms with Gasteiger partial charge in [-0.15, -0.1) is 0 Å². The van der Waals surface area contributed by atoms with Crippen molar-refractivity contribution in [2.75, 3.05) is 5.73 Å². The van der Waals surface area contributed by atoms with Crippen LogP contribution in [0.25, 0.3) is 22.3 Å². The predicted molar refractivity (Wildman–Crippen MR) is 69.5 cm³/mol. The fourth-order valence-electron chi connectivity index (χ4n) is 2.30. The molecule has 0 amide bonds. The molecule has 3 aromatic rings. The molecule has 0 radical (unpaired) electrons. The quantitative estimate of drug-likeness (QED) is 0.714. The van der Waals surface area contributed by atoms with Crippen LogP contribution in [0.5, 0.6) is 0 Å². The van der Waals surface area contributed by atoms with Gasteiger partial charge in [-0.1, -0.05) is 6.07 Å². The lowest BCUT2D eigenvalue weighted by Crippen LogP contribution is -1.98. The van der Waals surface area contributed by atoms with Gasteiger partial charge in [0.1, 0.15) is 11.6 Å². The predicted octanol–water partition coefficient (Wildman–Crippen LogP) is 2.30. The number of anilines is 1. The first kappa shape index (κ1) is 10.8. The van der Waals surface area contributed by atoms with Gasteiger partial charge < -0.3 is 10.3 Å². The molecule has 2 N–H and O–H groups in total. The van der Waals surface area contributed by atoms with Crippen molar-refractivity contribution in [2.24, 2.45) is 14.1 Å². The molecule has 0 bridgehead atoms. The Balaban J connectivity index is 2.34. The van der Waals surface area contributed by atoms with Crippen molar-refractivity contribution >= 4 is 16.7 Å². The number of nitrogens with zero attached hydrogens (tertiary/aromatic N) is 3. The molecule has 0 atom stereocenters. The van der Waals surface area contributed by atoms with E-state index in [1.807, 2.05) is 30.8 Å². The second-order valence-corrected chi connectivity index (χ2v) is 4.34. The molecule has 0 aliphatic heterocycles. The minimum atomic E-state index is -0.218. The Kier molecular flexibility index (Phi) is 2.16. The maximum Gasteiger partial charge on any atom is 0.146 e. The Morgan fingerprint density at radius 3 is 2.56 bits per heavy atom. The van der Waals surface area contributed by atoms with Gasteiger partial charge in [0.15, 0.2) is 0 Å². The number of benzene rings is 1. The molecule has 0 unspecified atom stereocenters. The van der Waals surface area contributed by atoms with E-state index in [0.717, 1.165) is 16.9 Å². The summed E-state index contributed by atoms with van der Waals surface area (Å²) in [6.07, 6.45) is 0. The van der Waals surface area contributed by atoms with Crippen molar-refractivity contribution in [2.45, 2.75) is 0 Å². The van der Waals surface area contributed by atoms with E-state index in [9.17, 15) is 4.39 Å². The number of fused-ring (bicyclic) bond motifs is 1. The number of hydrogen-bond donors (Lipinski definition) is 1. The Morgan fingerprint density at radius 1 is 1.17 bits per heavy atom. The fraction of sp³-hybridized carbons (Fsp3) is 0.154. The Morgan fingerprint density at radius 2 is 1.94 bits per heavy atom. The molecule has 0 aliphatic carbocycles. The van der Waals surface area contributed by atoms with Crippen LogP contribution in [-0.4, -0.2) is 14.3 Å². The molecule has 1 aromatic carbocycles. The first-order chi connectivity index (χ1) is 8.58. The topological polar surface area (TPSA) is 48.8 Å². The minimum absolute atomic E-state index is 0.218. The van der Waals surface area contributed by atoms with Crippen LogP contribution in [0.1, 0.15) is 0 Å². The fourth-order valence-corrected chi connectivity index (χ4v) is 2.30. The molecule has 0 spiro atoms. The lowest BCUT2D eigenvalue weighted by Gasteiger charge is -2.04. The van der Waals surface area contributed by atoms with Crippen LogP contribution in [-0.2, 0) is 14.1 Å². The van der Waals surface area contributed by atoms with Crippen LogP contribution >= 0.6 is 0 Å². The van der Waals surface area contributed by atoms with Crippen LogP contribution in [0.15, 0.2) is 30.3 Å². The molecule has 2 heterocycles. The van der Waals surface area contributed by atoms with Gasteiger partial charge in [0.2, 0.25) is 0 Å².